The van der Waals surface area contributed by atoms with E-state index in [2.05, 4.69) is 5.32 Å². The molecule has 7 heteroatoms. The zero-order valence-corrected chi connectivity index (χ0v) is 12.9. The zero-order chi connectivity index (χ0) is 16.5. The molecule has 1 aliphatic carbocycles. The standard InChI is InChI=1S/C15H20F2N2O3/c1-14(2,3)22-13(21)18-11-5-4-8-19(12(11)20)10-6-7-15(16,17)9-10/h4-5,8,10H,6-7,9H2,1-3H3,(H,18,21). The van der Waals surface area contributed by atoms with Crippen molar-refractivity contribution in [2.75, 3.05) is 5.32 Å². The third kappa shape index (κ3) is 4.05. The first-order chi connectivity index (χ1) is 10.1. The predicted octanol–water partition coefficient (Wildman–Crippen LogP) is 3.56. The average Bonchev–Trinajstić information content (AvgIpc) is 2.70. The number of aromatic nitrogens is 1. The Kier molecular flexibility index (Phi) is 4.26. The third-order valence-corrected chi connectivity index (χ3v) is 3.38. The van der Waals surface area contributed by atoms with Crippen LogP contribution in [0.3, 0.4) is 0 Å². The van der Waals surface area contributed by atoms with Crippen LogP contribution in [0.15, 0.2) is 23.1 Å². The number of rotatable bonds is 2. The molecule has 1 amide bonds. The van der Waals surface area contributed by atoms with E-state index in [9.17, 15) is 18.4 Å². The minimum absolute atomic E-state index is 0.0203. The van der Waals surface area contributed by atoms with Gasteiger partial charge in [0.15, 0.2) is 0 Å². The van der Waals surface area contributed by atoms with E-state index in [1.54, 1.807) is 26.8 Å². The molecule has 1 unspecified atom stereocenters. The van der Waals surface area contributed by atoms with Gasteiger partial charge in [0.1, 0.15) is 11.3 Å². The highest BCUT2D eigenvalue weighted by Crippen LogP contribution is 2.40. The Morgan fingerprint density at radius 2 is 2.14 bits per heavy atom. The van der Waals surface area contributed by atoms with Gasteiger partial charge in [-0.2, -0.15) is 0 Å². The van der Waals surface area contributed by atoms with Crippen molar-refractivity contribution in [3.8, 4) is 0 Å². The Labute approximate surface area is 127 Å². The van der Waals surface area contributed by atoms with E-state index < -0.39 is 29.2 Å². The summed E-state index contributed by atoms with van der Waals surface area (Å²) >= 11 is 0. The van der Waals surface area contributed by atoms with Crippen LogP contribution in [-0.4, -0.2) is 22.2 Å². The quantitative estimate of drug-likeness (QED) is 0.908. The minimum atomic E-state index is -2.74. The second-order valence-corrected chi connectivity index (χ2v) is 6.51. The number of amides is 1. The lowest BCUT2D eigenvalue weighted by Gasteiger charge is -2.20. The summed E-state index contributed by atoms with van der Waals surface area (Å²) in [7, 11) is 0. The molecule has 1 N–H and O–H groups in total. The number of carbonyl (C=O) groups excluding carboxylic acids is 1. The van der Waals surface area contributed by atoms with Crippen molar-refractivity contribution >= 4 is 11.8 Å². The van der Waals surface area contributed by atoms with Gasteiger partial charge in [-0.25, -0.2) is 13.6 Å². The van der Waals surface area contributed by atoms with Crippen LogP contribution in [0.1, 0.15) is 46.1 Å². The van der Waals surface area contributed by atoms with Gasteiger partial charge < -0.3 is 9.30 Å². The number of alkyl halides is 2. The van der Waals surface area contributed by atoms with Crippen molar-refractivity contribution in [3.63, 3.8) is 0 Å². The van der Waals surface area contributed by atoms with Gasteiger partial charge in [-0.3, -0.25) is 10.1 Å². The molecule has 1 aromatic rings. The summed E-state index contributed by atoms with van der Waals surface area (Å²) in [6, 6.07) is 2.42. The average molecular weight is 314 g/mol. The van der Waals surface area contributed by atoms with Crippen LogP contribution in [0, 0.1) is 0 Å². The van der Waals surface area contributed by atoms with Crippen LogP contribution in [-0.2, 0) is 4.74 Å². The molecule has 0 spiro atoms. The van der Waals surface area contributed by atoms with Crippen molar-refractivity contribution in [1.82, 2.24) is 4.57 Å². The number of hydrogen-bond donors (Lipinski definition) is 1. The van der Waals surface area contributed by atoms with E-state index in [-0.39, 0.29) is 24.9 Å². The molecular formula is C15H20F2N2O3. The van der Waals surface area contributed by atoms with Gasteiger partial charge in [-0.15, -0.1) is 0 Å². The summed E-state index contributed by atoms with van der Waals surface area (Å²) in [5, 5.41) is 2.37. The van der Waals surface area contributed by atoms with Crippen LogP contribution < -0.4 is 10.9 Å². The molecule has 0 bridgehead atoms. The fraction of sp³-hybridized carbons (Fsp3) is 0.600. The Morgan fingerprint density at radius 3 is 2.68 bits per heavy atom. The van der Waals surface area contributed by atoms with Crippen molar-refractivity contribution in [1.29, 1.82) is 0 Å². The number of carbonyl (C=O) groups is 1. The summed E-state index contributed by atoms with van der Waals surface area (Å²) in [6.07, 6.45) is 0.368. The molecule has 0 aliphatic heterocycles. The summed E-state index contributed by atoms with van der Waals surface area (Å²) in [5.41, 5.74) is -1.17. The minimum Gasteiger partial charge on any atom is -0.444 e. The summed E-state index contributed by atoms with van der Waals surface area (Å²) in [6.45, 7) is 5.11. The van der Waals surface area contributed by atoms with Gasteiger partial charge in [-0.05, 0) is 39.3 Å². The smallest absolute Gasteiger partial charge is 0.412 e. The fourth-order valence-corrected chi connectivity index (χ4v) is 2.47. The molecule has 2 rings (SSSR count). The van der Waals surface area contributed by atoms with E-state index in [0.29, 0.717) is 0 Å². The SMILES string of the molecule is CC(C)(C)OC(=O)Nc1cccn(C2CCC(F)(F)C2)c1=O. The lowest BCUT2D eigenvalue weighted by atomic mass is 10.2. The van der Waals surface area contributed by atoms with Gasteiger partial charge in [0.2, 0.25) is 5.92 Å². The first-order valence-corrected chi connectivity index (χ1v) is 7.16. The highest BCUT2D eigenvalue weighted by Gasteiger charge is 2.40. The first-order valence-electron chi connectivity index (χ1n) is 7.16. The lowest BCUT2D eigenvalue weighted by molar-refractivity contribution is 0.00550. The van der Waals surface area contributed by atoms with Gasteiger partial charge in [0, 0.05) is 25.1 Å². The third-order valence-electron chi connectivity index (χ3n) is 3.38. The molecule has 1 aliphatic rings. The first kappa shape index (κ1) is 16.5. The molecule has 0 aromatic carbocycles. The monoisotopic (exact) mass is 314 g/mol. The molecule has 0 saturated heterocycles. The fourth-order valence-electron chi connectivity index (χ4n) is 2.47. The second-order valence-electron chi connectivity index (χ2n) is 6.51. The molecular weight excluding hydrogens is 294 g/mol. The Morgan fingerprint density at radius 1 is 1.45 bits per heavy atom. The van der Waals surface area contributed by atoms with Crippen LogP contribution in [0.5, 0.6) is 0 Å². The largest absolute Gasteiger partial charge is 0.444 e. The Balaban J connectivity index is 2.17. The topological polar surface area (TPSA) is 60.3 Å². The summed E-state index contributed by atoms with van der Waals surface area (Å²) in [4.78, 5) is 24.0. The molecule has 5 nitrogen and oxygen atoms in total. The zero-order valence-electron chi connectivity index (χ0n) is 12.9. The van der Waals surface area contributed by atoms with Crippen molar-refractivity contribution in [2.24, 2.45) is 0 Å². The van der Waals surface area contributed by atoms with Crippen molar-refractivity contribution < 1.29 is 18.3 Å². The predicted molar refractivity (Wildman–Crippen MR) is 78.4 cm³/mol. The molecule has 1 atom stereocenters. The number of ether oxygens (including phenoxy) is 1. The van der Waals surface area contributed by atoms with E-state index in [4.69, 9.17) is 4.74 Å². The molecule has 0 radical (unpaired) electrons. The maximum Gasteiger partial charge on any atom is 0.412 e. The number of anilines is 1. The van der Waals surface area contributed by atoms with E-state index in [1.807, 2.05) is 0 Å². The normalized spacial score (nSPS) is 20.7. The number of nitrogens with zero attached hydrogens (tertiary/aromatic N) is 1. The molecule has 1 saturated carbocycles. The van der Waals surface area contributed by atoms with Crippen LogP contribution in [0.2, 0.25) is 0 Å². The second kappa shape index (κ2) is 5.70. The highest BCUT2D eigenvalue weighted by molar-refractivity contribution is 5.84. The Bertz CT molecular complexity index is 620. The van der Waals surface area contributed by atoms with Crippen LogP contribution in [0.25, 0.3) is 0 Å². The maximum atomic E-state index is 13.3. The molecule has 122 valence electrons. The summed E-state index contributed by atoms with van der Waals surface area (Å²) < 4.78 is 32.9. The number of hydrogen-bond acceptors (Lipinski definition) is 3. The van der Waals surface area contributed by atoms with Gasteiger partial charge >= 0.3 is 6.09 Å². The van der Waals surface area contributed by atoms with Crippen molar-refractivity contribution in [2.45, 2.75) is 57.6 Å². The molecule has 1 fully saturated rings. The van der Waals surface area contributed by atoms with Crippen LogP contribution >= 0.6 is 0 Å². The number of pyridine rings is 1. The lowest BCUT2D eigenvalue weighted by Crippen LogP contribution is -2.31. The number of halogens is 2. The van der Waals surface area contributed by atoms with Gasteiger partial charge in [0.05, 0.1) is 0 Å². The van der Waals surface area contributed by atoms with Gasteiger partial charge in [-0.1, -0.05) is 0 Å². The molecule has 1 heterocycles. The Hall–Kier alpha value is -1.92. The van der Waals surface area contributed by atoms with Crippen molar-refractivity contribution in [3.05, 3.63) is 28.7 Å². The maximum absolute atomic E-state index is 13.3. The van der Waals surface area contributed by atoms with E-state index >= 15 is 0 Å². The molecule has 22 heavy (non-hydrogen) atoms. The molecule has 1 aromatic heterocycles. The number of nitrogens with one attached hydrogen (secondary N) is 1. The highest BCUT2D eigenvalue weighted by atomic mass is 19.3. The van der Waals surface area contributed by atoms with Gasteiger partial charge in [0.25, 0.3) is 5.56 Å². The summed E-state index contributed by atoms with van der Waals surface area (Å²) in [5.74, 6) is -2.74. The van der Waals surface area contributed by atoms with Crippen LogP contribution in [0.4, 0.5) is 19.3 Å². The van der Waals surface area contributed by atoms with E-state index in [1.165, 1.54) is 16.8 Å². The van der Waals surface area contributed by atoms with E-state index in [0.717, 1.165) is 0 Å².